The fourth-order valence-electron chi connectivity index (χ4n) is 2.25. The average Bonchev–Trinajstić information content (AvgIpc) is 2.71. The molecule has 5 heteroatoms. The molecule has 5 nitrogen and oxygen atoms in total. The van der Waals surface area contributed by atoms with E-state index in [1.807, 2.05) is 13.2 Å². The van der Waals surface area contributed by atoms with Crippen molar-refractivity contribution in [1.29, 1.82) is 0 Å². The van der Waals surface area contributed by atoms with E-state index in [-0.39, 0.29) is 0 Å². The fraction of sp³-hybridized carbons (Fsp3) is 0.462. The summed E-state index contributed by atoms with van der Waals surface area (Å²) in [6.07, 6.45) is 4.86. The van der Waals surface area contributed by atoms with Crippen molar-refractivity contribution in [2.75, 3.05) is 5.73 Å². The largest absolute Gasteiger partial charge is 0.384 e. The van der Waals surface area contributed by atoms with Crippen LogP contribution in [0.15, 0.2) is 18.5 Å². The molecule has 0 bridgehead atoms. The Morgan fingerprint density at radius 1 is 1.39 bits per heavy atom. The van der Waals surface area contributed by atoms with E-state index in [9.17, 15) is 0 Å². The van der Waals surface area contributed by atoms with Crippen LogP contribution in [0.5, 0.6) is 0 Å². The van der Waals surface area contributed by atoms with Crippen molar-refractivity contribution in [1.82, 2.24) is 19.7 Å². The number of aryl methyl sites for hydroxylation is 1. The van der Waals surface area contributed by atoms with Gasteiger partial charge in [0.25, 0.3) is 0 Å². The molecule has 0 saturated heterocycles. The predicted molar refractivity (Wildman–Crippen MR) is 69.8 cm³/mol. The van der Waals surface area contributed by atoms with E-state index in [4.69, 9.17) is 5.73 Å². The molecule has 2 N–H and O–H groups in total. The van der Waals surface area contributed by atoms with Gasteiger partial charge in [0.2, 0.25) is 0 Å². The van der Waals surface area contributed by atoms with Gasteiger partial charge in [-0.3, -0.25) is 4.68 Å². The maximum Gasteiger partial charge on any atom is 0.135 e. The monoisotopic (exact) mass is 243 g/mol. The molecule has 1 aliphatic rings. The molecule has 1 aliphatic carbocycles. The number of nitrogens with two attached hydrogens (primary N) is 1. The molecule has 1 unspecified atom stereocenters. The minimum Gasteiger partial charge on any atom is -0.384 e. The first kappa shape index (κ1) is 11.2. The Kier molecular flexibility index (Phi) is 2.20. The minimum atomic E-state index is 0.306. The molecule has 0 aromatic carbocycles. The maximum atomic E-state index is 5.88. The molecule has 0 aliphatic heterocycles. The summed E-state index contributed by atoms with van der Waals surface area (Å²) in [4.78, 5) is 8.99. The second-order valence-electron chi connectivity index (χ2n) is 5.68. The van der Waals surface area contributed by atoms with Gasteiger partial charge >= 0.3 is 0 Å². The molecule has 1 atom stereocenters. The summed E-state index contributed by atoms with van der Waals surface area (Å²) in [6.45, 7) is 4.46. The lowest BCUT2D eigenvalue weighted by atomic mass is 10.1. The van der Waals surface area contributed by atoms with E-state index < -0.39 is 0 Å². The summed E-state index contributed by atoms with van der Waals surface area (Å²) in [5, 5.41) is 4.16. The third-order valence-corrected chi connectivity index (χ3v) is 3.59. The summed E-state index contributed by atoms with van der Waals surface area (Å²) in [7, 11) is 1.89. The lowest BCUT2D eigenvalue weighted by Gasteiger charge is -2.05. The van der Waals surface area contributed by atoms with Crippen LogP contribution in [0.1, 0.15) is 32.0 Å². The highest BCUT2D eigenvalue weighted by atomic mass is 15.2. The zero-order chi connectivity index (χ0) is 12.9. The van der Waals surface area contributed by atoms with Crippen molar-refractivity contribution in [3.63, 3.8) is 0 Å². The molecule has 0 amide bonds. The van der Waals surface area contributed by atoms with Gasteiger partial charge in [-0.2, -0.15) is 5.10 Å². The smallest absolute Gasteiger partial charge is 0.135 e. The van der Waals surface area contributed by atoms with Crippen LogP contribution in [0.25, 0.3) is 11.3 Å². The van der Waals surface area contributed by atoms with Gasteiger partial charge in [0.1, 0.15) is 11.6 Å². The summed E-state index contributed by atoms with van der Waals surface area (Å²) in [6, 6.07) is 1.80. The van der Waals surface area contributed by atoms with Crippen LogP contribution in [-0.4, -0.2) is 19.7 Å². The van der Waals surface area contributed by atoms with Crippen molar-refractivity contribution < 1.29 is 0 Å². The number of hydrogen-bond donors (Lipinski definition) is 1. The van der Waals surface area contributed by atoms with Crippen LogP contribution in [0, 0.1) is 5.41 Å². The third kappa shape index (κ3) is 1.85. The van der Waals surface area contributed by atoms with E-state index in [1.54, 1.807) is 16.9 Å². The lowest BCUT2D eigenvalue weighted by Crippen LogP contribution is -2.02. The van der Waals surface area contributed by atoms with E-state index in [0.717, 1.165) is 23.5 Å². The quantitative estimate of drug-likeness (QED) is 0.875. The Labute approximate surface area is 106 Å². The molecular formula is C13H17N5. The van der Waals surface area contributed by atoms with Gasteiger partial charge < -0.3 is 5.73 Å². The number of nitrogen functional groups attached to an aromatic ring is 1. The van der Waals surface area contributed by atoms with Gasteiger partial charge in [0.15, 0.2) is 0 Å². The number of aromatic nitrogens is 4. The molecule has 2 aromatic heterocycles. The van der Waals surface area contributed by atoms with Crippen molar-refractivity contribution in [3.05, 3.63) is 24.3 Å². The minimum absolute atomic E-state index is 0.306. The third-order valence-electron chi connectivity index (χ3n) is 3.59. The van der Waals surface area contributed by atoms with Crippen molar-refractivity contribution in [2.24, 2.45) is 12.5 Å². The van der Waals surface area contributed by atoms with E-state index in [1.165, 1.54) is 0 Å². The zero-order valence-electron chi connectivity index (χ0n) is 10.9. The highest BCUT2D eigenvalue weighted by Gasteiger charge is 2.48. The molecule has 1 fully saturated rings. The summed E-state index contributed by atoms with van der Waals surface area (Å²) in [5.41, 5.74) is 8.02. The molecule has 2 heterocycles. The molecular weight excluding hydrogens is 226 g/mol. The number of rotatable bonds is 2. The Hall–Kier alpha value is -1.91. The van der Waals surface area contributed by atoms with Crippen LogP contribution in [0.3, 0.4) is 0 Å². The first-order valence-corrected chi connectivity index (χ1v) is 6.09. The normalized spacial score (nSPS) is 20.9. The van der Waals surface area contributed by atoms with Crippen LogP contribution in [0.4, 0.5) is 5.82 Å². The van der Waals surface area contributed by atoms with Gasteiger partial charge in [-0.15, -0.1) is 0 Å². The van der Waals surface area contributed by atoms with Crippen molar-refractivity contribution in [3.8, 4) is 11.3 Å². The SMILES string of the molecule is Cn1cc(-c2cc(N)nc(C3CC3(C)C)n2)cn1. The Morgan fingerprint density at radius 3 is 2.67 bits per heavy atom. The van der Waals surface area contributed by atoms with Crippen LogP contribution < -0.4 is 5.73 Å². The number of hydrogen-bond acceptors (Lipinski definition) is 4. The molecule has 0 spiro atoms. The Morgan fingerprint density at radius 2 is 2.11 bits per heavy atom. The van der Waals surface area contributed by atoms with Gasteiger partial charge in [0.05, 0.1) is 11.9 Å². The highest BCUT2D eigenvalue weighted by molar-refractivity contribution is 5.60. The Balaban J connectivity index is 2.01. The topological polar surface area (TPSA) is 69.6 Å². The maximum absolute atomic E-state index is 5.88. The first-order valence-electron chi connectivity index (χ1n) is 6.09. The predicted octanol–water partition coefficient (Wildman–Crippen LogP) is 1.97. The first-order chi connectivity index (χ1) is 8.45. The Bertz CT molecular complexity index is 599. The molecule has 1 saturated carbocycles. The zero-order valence-corrected chi connectivity index (χ0v) is 10.9. The molecule has 94 valence electrons. The summed E-state index contributed by atoms with van der Waals surface area (Å²) in [5.74, 6) is 1.82. The van der Waals surface area contributed by atoms with E-state index in [0.29, 0.717) is 17.2 Å². The van der Waals surface area contributed by atoms with Gasteiger partial charge in [-0.25, -0.2) is 9.97 Å². The summed E-state index contributed by atoms with van der Waals surface area (Å²) < 4.78 is 1.76. The average molecular weight is 243 g/mol. The standard InChI is InChI=1S/C13H17N5/c1-13(2)5-9(13)12-16-10(4-11(14)17-12)8-6-15-18(3)7-8/h4,6-7,9H,5H2,1-3H3,(H2,14,16,17). The molecule has 3 rings (SSSR count). The van der Waals surface area contributed by atoms with Crippen molar-refractivity contribution in [2.45, 2.75) is 26.2 Å². The van der Waals surface area contributed by atoms with Gasteiger partial charge in [-0.05, 0) is 11.8 Å². The van der Waals surface area contributed by atoms with Crippen molar-refractivity contribution >= 4 is 5.82 Å². The molecule has 2 aromatic rings. The highest BCUT2D eigenvalue weighted by Crippen LogP contribution is 2.57. The van der Waals surface area contributed by atoms with Crippen LogP contribution in [-0.2, 0) is 7.05 Å². The lowest BCUT2D eigenvalue weighted by molar-refractivity contribution is 0.609. The van der Waals surface area contributed by atoms with E-state index in [2.05, 4.69) is 28.9 Å². The number of nitrogens with zero attached hydrogens (tertiary/aromatic N) is 4. The van der Waals surface area contributed by atoms with E-state index >= 15 is 0 Å². The molecule has 18 heavy (non-hydrogen) atoms. The second-order valence-corrected chi connectivity index (χ2v) is 5.68. The van der Waals surface area contributed by atoms with Crippen LogP contribution in [0.2, 0.25) is 0 Å². The second kappa shape index (κ2) is 3.54. The number of anilines is 1. The van der Waals surface area contributed by atoms with Crippen LogP contribution >= 0.6 is 0 Å². The van der Waals surface area contributed by atoms with Gasteiger partial charge in [0, 0.05) is 30.8 Å². The summed E-state index contributed by atoms with van der Waals surface area (Å²) >= 11 is 0. The van der Waals surface area contributed by atoms with Gasteiger partial charge in [-0.1, -0.05) is 13.8 Å². The fourth-order valence-corrected chi connectivity index (χ4v) is 2.25. The molecule has 0 radical (unpaired) electrons.